The molecule has 0 saturated carbocycles. The predicted octanol–water partition coefficient (Wildman–Crippen LogP) is 4.45. The maximum atomic E-state index is 12.3. The van der Waals surface area contributed by atoms with Crippen LogP contribution in [0.1, 0.15) is 34.8 Å². The van der Waals surface area contributed by atoms with Crippen molar-refractivity contribution in [1.82, 2.24) is 19.6 Å². The number of esters is 1. The molecule has 0 spiro atoms. The quantitative estimate of drug-likeness (QED) is 0.442. The van der Waals surface area contributed by atoms with Gasteiger partial charge in [-0.25, -0.2) is 14.5 Å². The van der Waals surface area contributed by atoms with E-state index < -0.39 is 0 Å². The predicted molar refractivity (Wildman–Crippen MR) is 113 cm³/mol. The van der Waals surface area contributed by atoms with Crippen LogP contribution >= 0.6 is 11.3 Å². The first-order valence-electron chi connectivity index (χ1n) is 9.49. The van der Waals surface area contributed by atoms with Crippen molar-refractivity contribution < 1.29 is 9.53 Å². The van der Waals surface area contributed by atoms with Crippen LogP contribution in [-0.4, -0.2) is 25.6 Å². The second-order valence-electron chi connectivity index (χ2n) is 6.99. The van der Waals surface area contributed by atoms with Crippen molar-refractivity contribution >= 4 is 23.0 Å². The zero-order chi connectivity index (χ0) is 20.4. The van der Waals surface area contributed by atoms with Gasteiger partial charge in [-0.15, -0.1) is 11.3 Å². The van der Waals surface area contributed by atoms with E-state index in [1.54, 1.807) is 11.3 Å². The summed E-state index contributed by atoms with van der Waals surface area (Å²) in [5, 5.41) is 7.34. The highest BCUT2D eigenvalue weighted by atomic mass is 32.1. The number of rotatable bonds is 6. The summed E-state index contributed by atoms with van der Waals surface area (Å²) in [5.41, 5.74) is 6.58. The number of fused-ring (bicyclic) bond motifs is 1. The number of benzene rings is 1. The van der Waals surface area contributed by atoms with Crippen LogP contribution in [-0.2, 0) is 22.6 Å². The van der Waals surface area contributed by atoms with Gasteiger partial charge >= 0.3 is 5.97 Å². The van der Waals surface area contributed by atoms with Gasteiger partial charge in [0.05, 0.1) is 11.4 Å². The molecule has 0 radical (unpaired) electrons. The first kappa shape index (κ1) is 19.3. The number of thiazole rings is 1. The molecule has 4 aromatic rings. The number of carbonyl (C=O) groups is 1. The van der Waals surface area contributed by atoms with Gasteiger partial charge in [0.1, 0.15) is 11.6 Å². The summed E-state index contributed by atoms with van der Waals surface area (Å²) < 4.78 is 7.27. The van der Waals surface area contributed by atoms with Crippen molar-refractivity contribution in [3.05, 3.63) is 70.1 Å². The Balaban J connectivity index is 1.36. The van der Waals surface area contributed by atoms with Crippen LogP contribution in [0.15, 0.2) is 41.8 Å². The molecule has 0 fully saturated rings. The zero-order valence-electron chi connectivity index (χ0n) is 16.7. The SMILES string of the molecule is Cc1cc2nc(C)c(CCC(=O)OCc3csc(-c4ccccc4)n3)c(C)n2n1. The molecule has 148 valence electrons. The number of carbonyl (C=O) groups excluding carboxylic acids is 1. The fraction of sp³-hybridized carbons (Fsp3) is 0.273. The summed E-state index contributed by atoms with van der Waals surface area (Å²) in [6, 6.07) is 11.9. The van der Waals surface area contributed by atoms with Gasteiger partial charge < -0.3 is 4.74 Å². The summed E-state index contributed by atoms with van der Waals surface area (Å²) in [5.74, 6) is -0.241. The van der Waals surface area contributed by atoms with E-state index in [-0.39, 0.29) is 12.6 Å². The zero-order valence-corrected chi connectivity index (χ0v) is 17.5. The monoisotopic (exact) mass is 406 g/mol. The second kappa shape index (κ2) is 8.13. The lowest BCUT2D eigenvalue weighted by Gasteiger charge is -2.10. The van der Waals surface area contributed by atoms with E-state index in [0.717, 1.165) is 44.6 Å². The van der Waals surface area contributed by atoms with Crippen LogP contribution in [0.25, 0.3) is 16.2 Å². The van der Waals surface area contributed by atoms with Gasteiger partial charge in [-0.3, -0.25) is 4.79 Å². The van der Waals surface area contributed by atoms with Crippen molar-refractivity contribution in [3.8, 4) is 10.6 Å². The molecule has 0 bridgehead atoms. The summed E-state index contributed by atoms with van der Waals surface area (Å²) in [6.45, 7) is 6.11. The number of hydrogen-bond acceptors (Lipinski definition) is 6. The minimum Gasteiger partial charge on any atom is -0.459 e. The molecule has 0 atom stereocenters. The van der Waals surface area contributed by atoms with Gasteiger partial charge in [-0.05, 0) is 32.8 Å². The molecule has 0 amide bonds. The molecule has 0 N–H and O–H groups in total. The van der Waals surface area contributed by atoms with Crippen molar-refractivity contribution in [1.29, 1.82) is 0 Å². The van der Waals surface area contributed by atoms with E-state index in [4.69, 9.17) is 4.74 Å². The standard InChI is InChI=1S/C22H22N4O2S/c1-14-11-20-23-15(2)19(16(3)26(20)25-14)9-10-21(27)28-12-18-13-29-22(24-18)17-7-5-4-6-8-17/h4-8,11,13H,9-10,12H2,1-3H3. The van der Waals surface area contributed by atoms with Gasteiger partial charge in [0.2, 0.25) is 0 Å². The van der Waals surface area contributed by atoms with Crippen molar-refractivity contribution in [2.45, 2.75) is 40.2 Å². The van der Waals surface area contributed by atoms with Crippen molar-refractivity contribution in [2.75, 3.05) is 0 Å². The lowest BCUT2D eigenvalue weighted by molar-refractivity contribution is -0.145. The number of aryl methyl sites for hydroxylation is 3. The molecule has 3 heterocycles. The molecule has 0 unspecified atom stereocenters. The fourth-order valence-corrected chi connectivity index (χ4v) is 4.15. The molecule has 6 nitrogen and oxygen atoms in total. The number of aromatic nitrogens is 4. The Hall–Kier alpha value is -3.06. The summed E-state index contributed by atoms with van der Waals surface area (Å²) in [6.07, 6.45) is 0.871. The Morgan fingerprint density at radius 3 is 2.72 bits per heavy atom. The third-order valence-electron chi connectivity index (χ3n) is 4.82. The number of nitrogens with zero attached hydrogens (tertiary/aromatic N) is 4. The number of ether oxygens (including phenoxy) is 1. The Bertz CT molecular complexity index is 1160. The largest absolute Gasteiger partial charge is 0.459 e. The lowest BCUT2D eigenvalue weighted by atomic mass is 10.1. The summed E-state index contributed by atoms with van der Waals surface area (Å²) >= 11 is 1.55. The Kier molecular flexibility index (Phi) is 5.40. The topological polar surface area (TPSA) is 69.4 Å². The lowest BCUT2D eigenvalue weighted by Crippen LogP contribution is -2.10. The smallest absolute Gasteiger partial charge is 0.306 e. The highest BCUT2D eigenvalue weighted by Gasteiger charge is 2.14. The molecule has 3 aromatic heterocycles. The van der Waals surface area contributed by atoms with Crippen LogP contribution in [0.5, 0.6) is 0 Å². The van der Waals surface area contributed by atoms with E-state index in [1.165, 1.54) is 0 Å². The van der Waals surface area contributed by atoms with Crippen LogP contribution in [0.2, 0.25) is 0 Å². The Morgan fingerprint density at radius 1 is 1.14 bits per heavy atom. The first-order valence-corrected chi connectivity index (χ1v) is 10.4. The molecule has 0 aliphatic heterocycles. The van der Waals surface area contributed by atoms with E-state index in [1.807, 2.05) is 67.1 Å². The normalized spacial score (nSPS) is 11.1. The van der Waals surface area contributed by atoms with Gasteiger partial charge in [0.15, 0.2) is 5.65 Å². The molecule has 4 rings (SSSR count). The summed E-state index contributed by atoms with van der Waals surface area (Å²) in [7, 11) is 0. The highest BCUT2D eigenvalue weighted by molar-refractivity contribution is 7.13. The minimum atomic E-state index is -0.241. The van der Waals surface area contributed by atoms with Gasteiger partial charge in [0, 0.05) is 34.8 Å². The Labute approximate surface area is 173 Å². The van der Waals surface area contributed by atoms with Crippen molar-refractivity contribution in [2.24, 2.45) is 0 Å². The van der Waals surface area contributed by atoms with Gasteiger partial charge in [-0.2, -0.15) is 5.10 Å². The van der Waals surface area contributed by atoms with Crippen LogP contribution < -0.4 is 0 Å². The highest BCUT2D eigenvalue weighted by Crippen LogP contribution is 2.23. The minimum absolute atomic E-state index is 0.190. The third kappa shape index (κ3) is 4.19. The fourth-order valence-electron chi connectivity index (χ4n) is 3.34. The van der Waals surface area contributed by atoms with E-state index >= 15 is 0 Å². The maximum Gasteiger partial charge on any atom is 0.306 e. The third-order valence-corrected chi connectivity index (χ3v) is 5.76. The van der Waals surface area contributed by atoms with Crippen molar-refractivity contribution in [3.63, 3.8) is 0 Å². The van der Waals surface area contributed by atoms with E-state index in [0.29, 0.717) is 12.8 Å². The average Bonchev–Trinajstić information content (AvgIpc) is 3.33. The molecule has 0 aliphatic carbocycles. The Morgan fingerprint density at radius 2 is 1.93 bits per heavy atom. The first-order chi connectivity index (χ1) is 14.0. The summed E-state index contributed by atoms with van der Waals surface area (Å²) in [4.78, 5) is 21.4. The molecule has 1 aromatic carbocycles. The van der Waals surface area contributed by atoms with Crippen LogP contribution in [0, 0.1) is 20.8 Å². The molecular weight excluding hydrogens is 384 g/mol. The van der Waals surface area contributed by atoms with Crippen LogP contribution in [0.4, 0.5) is 0 Å². The van der Waals surface area contributed by atoms with E-state index in [2.05, 4.69) is 15.1 Å². The molecule has 0 aliphatic rings. The second-order valence-corrected chi connectivity index (χ2v) is 7.85. The van der Waals surface area contributed by atoms with Crippen LogP contribution in [0.3, 0.4) is 0 Å². The average molecular weight is 407 g/mol. The molecular formula is C22H22N4O2S. The molecule has 7 heteroatoms. The molecule has 29 heavy (non-hydrogen) atoms. The van der Waals surface area contributed by atoms with E-state index in [9.17, 15) is 4.79 Å². The number of hydrogen-bond donors (Lipinski definition) is 0. The van der Waals surface area contributed by atoms with Gasteiger partial charge in [0.25, 0.3) is 0 Å². The van der Waals surface area contributed by atoms with Gasteiger partial charge in [-0.1, -0.05) is 30.3 Å². The molecule has 0 saturated heterocycles. The maximum absolute atomic E-state index is 12.3.